The fourth-order valence-electron chi connectivity index (χ4n) is 4.14. The third-order valence-corrected chi connectivity index (χ3v) is 6.86. The Labute approximate surface area is 200 Å². The van der Waals surface area contributed by atoms with E-state index in [0.717, 1.165) is 23.1 Å². The molecular weight excluding hydrogens is 453 g/mol. The summed E-state index contributed by atoms with van der Waals surface area (Å²) in [6, 6.07) is 12.5. The summed E-state index contributed by atoms with van der Waals surface area (Å²) in [4.78, 5) is 27.2. The molecule has 1 aliphatic rings. The summed E-state index contributed by atoms with van der Waals surface area (Å²) < 4.78 is 21.9. The zero-order valence-corrected chi connectivity index (χ0v) is 19.5. The van der Waals surface area contributed by atoms with Crippen molar-refractivity contribution >= 4 is 38.3 Å². The normalized spacial score (nSPS) is 14.4. The lowest BCUT2D eigenvalue weighted by molar-refractivity contribution is -0.131. The quantitative estimate of drug-likeness (QED) is 0.374. The van der Waals surface area contributed by atoms with Gasteiger partial charge in [0, 0.05) is 49.6 Å². The Kier molecular flexibility index (Phi) is 6.35. The topological polar surface area (TPSA) is 80.2 Å². The van der Waals surface area contributed by atoms with Crippen LogP contribution in [0, 0.1) is 5.82 Å². The van der Waals surface area contributed by atoms with E-state index in [1.165, 1.54) is 23.6 Å². The maximum absolute atomic E-state index is 14.9. The van der Waals surface area contributed by atoms with Crippen LogP contribution in [0.5, 0.6) is 11.6 Å². The summed E-state index contributed by atoms with van der Waals surface area (Å²) >= 11 is 1.51. The Morgan fingerprint density at radius 1 is 1.18 bits per heavy atom. The summed E-state index contributed by atoms with van der Waals surface area (Å²) in [6.07, 6.45) is 5.21. The van der Waals surface area contributed by atoms with Gasteiger partial charge in [-0.2, -0.15) is 0 Å². The Bertz CT molecular complexity index is 1290. The standard InChI is InChI=1S/C25H24FN5O2S/c1-2-22(32)31-13-9-16(10-14-31)23-24(28-12-11-27-23)33-20-8-7-17(15-18(20)26)29-25-30-19-5-3-4-6-21(19)34-25/h3-8,11-12,15-16H,2,9-10,13-14H2,1H3,(H,29,30). The Hall–Kier alpha value is -3.59. The molecule has 7 nitrogen and oxygen atoms in total. The summed E-state index contributed by atoms with van der Waals surface area (Å²) in [7, 11) is 0. The van der Waals surface area contributed by atoms with Crippen LogP contribution in [0.3, 0.4) is 0 Å². The van der Waals surface area contributed by atoms with Crippen LogP contribution in [-0.2, 0) is 4.79 Å². The number of aromatic nitrogens is 3. The molecule has 0 bridgehead atoms. The van der Waals surface area contributed by atoms with E-state index >= 15 is 0 Å². The zero-order valence-electron chi connectivity index (χ0n) is 18.7. The van der Waals surface area contributed by atoms with Crippen LogP contribution >= 0.6 is 11.3 Å². The lowest BCUT2D eigenvalue weighted by Crippen LogP contribution is -2.37. The average Bonchev–Trinajstić information content (AvgIpc) is 3.28. The predicted octanol–water partition coefficient (Wildman–Crippen LogP) is 5.88. The number of hydrogen-bond donors (Lipinski definition) is 1. The third kappa shape index (κ3) is 4.70. The molecule has 3 heterocycles. The molecule has 0 radical (unpaired) electrons. The largest absolute Gasteiger partial charge is 0.434 e. The van der Waals surface area contributed by atoms with E-state index in [1.54, 1.807) is 18.3 Å². The van der Waals surface area contributed by atoms with Crippen molar-refractivity contribution < 1.29 is 13.9 Å². The minimum Gasteiger partial charge on any atom is -0.434 e. The summed E-state index contributed by atoms with van der Waals surface area (Å²) in [5.74, 6) is 0.137. The SMILES string of the molecule is CCC(=O)N1CCC(c2nccnc2Oc2ccc(Nc3nc4ccccc4s3)cc2F)CC1. The molecule has 174 valence electrons. The van der Waals surface area contributed by atoms with Crippen molar-refractivity contribution in [3.63, 3.8) is 0 Å². The van der Waals surface area contributed by atoms with Crippen LogP contribution in [0.4, 0.5) is 15.2 Å². The minimum absolute atomic E-state index is 0.0789. The second kappa shape index (κ2) is 9.72. The van der Waals surface area contributed by atoms with Gasteiger partial charge in [0.05, 0.1) is 10.2 Å². The van der Waals surface area contributed by atoms with Crippen molar-refractivity contribution in [2.45, 2.75) is 32.1 Å². The molecule has 0 unspecified atom stereocenters. The number of likely N-dealkylation sites (tertiary alicyclic amines) is 1. The molecule has 34 heavy (non-hydrogen) atoms. The van der Waals surface area contributed by atoms with Crippen molar-refractivity contribution in [2.24, 2.45) is 0 Å². The van der Waals surface area contributed by atoms with E-state index in [-0.39, 0.29) is 17.6 Å². The summed E-state index contributed by atoms with van der Waals surface area (Å²) in [6.45, 7) is 3.22. The first-order chi connectivity index (χ1) is 16.6. The molecular formula is C25H24FN5O2S. The van der Waals surface area contributed by atoms with Crippen molar-refractivity contribution in [3.05, 3.63) is 66.4 Å². The monoisotopic (exact) mass is 477 g/mol. The number of halogens is 1. The zero-order chi connectivity index (χ0) is 23.5. The minimum atomic E-state index is -0.508. The smallest absolute Gasteiger partial charge is 0.241 e. The maximum atomic E-state index is 14.9. The van der Waals surface area contributed by atoms with E-state index in [9.17, 15) is 9.18 Å². The van der Waals surface area contributed by atoms with E-state index in [2.05, 4.69) is 20.3 Å². The second-order valence-corrected chi connectivity index (χ2v) is 9.15. The first-order valence-corrected chi connectivity index (χ1v) is 12.1. The molecule has 1 N–H and O–H groups in total. The van der Waals surface area contributed by atoms with Crippen molar-refractivity contribution in [1.29, 1.82) is 0 Å². The molecule has 0 saturated carbocycles. The molecule has 2 aromatic carbocycles. The van der Waals surface area contributed by atoms with E-state index in [1.807, 2.05) is 36.1 Å². The highest BCUT2D eigenvalue weighted by Gasteiger charge is 2.27. The van der Waals surface area contributed by atoms with Gasteiger partial charge < -0.3 is 15.0 Å². The van der Waals surface area contributed by atoms with Crippen LogP contribution in [-0.4, -0.2) is 38.8 Å². The van der Waals surface area contributed by atoms with Gasteiger partial charge in [-0.3, -0.25) is 9.78 Å². The number of piperidine rings is 1. The number of benzene rings is 2. The molecule has 2 aromatic heterocycles. The lowest BCUT2D eigenvalue weighted by Gasteiger charge is -2.31. The Morgan fingerprint density at radius 3 is 2.74 bits per heavy atom. The summed E-state index contributed by atoms with van der Waals surface area (Å²) in [5.41, 5.74) is 2.17. The average molecular weight is 478 g/mol. The molecule has 1 saturated heterocycles. The first kappa shape index (κ1) is 22.2. The molecule has 1 fully saturated rings. The molecule has 1 aliphatic heterocycles. The number of fused-ring (bicyclic) bond motifs is 1. The highest BCUT2D eigenvalue weighted by Crippen LogP contribution is 2.35. The molecule has 1 amide bonds. The van der Waals surface area contributed by atoms with Gasteiger partial charge in [0.2, 0.25) is 11.8 Å². The van der Waals surface area contributed by atoms with Crippen molar-refractivity contribution in [2.75, 3.05) is 18.4 Å². The van der Waals surface area contributed by atoms with Crippen LogP contribution in [0.25, 0.3) is 10.2 Å². The van der Waals surface area contributed by atoms with E-state index in [0.29, 0.717) is 41.9 Å². The number of para-hydroxylation sites is 1. The fraction of sp³-hybridized carbons (Fsp3) is 0.280. The van der Waals surface area contributed by atoms with Gasteiger partial charge in [-0.25, -0.2) is 14.4 Å². The van der Waals surface area contributed by atoms with Crippen molar-refractivity contribution in [3.8, 4) is 11.6 Å². The number of carbonyl (C=O) groups excluding carboxylic acids is 1. The predicted molar refractivity (Wildman–Crippen MR) is 130 cm³/mol. The van der Waals surface area contributed by atoms with Crippen molar-refractivity contribution in [1.82, 2.24) is 19.9 Å². The maximum Gasteiger partial charge on any atom is 0.241 e. The lowest BCUT2D eigenvalue weighted by atomic mass is 9.93. The number of ether oxygens (including phenoxy) is 1. The number of amides is 1. The van der Waals surface area contributed by atoms with Gasteiger partial charge in [-0.1, -0.05) is 30.4 Å². The number of carbonyl (C=O) groups is 1. The van der Waals surface area contributed by atoms with Gasteiger partial charge in [0.25, 0.3) is 0 Å². The van der Waals surface area contributed by atoms with Crippen LogP contribution < -0.4 is 10.1 Å². The Balaban J connectivity index is 1.30. The molecule has 4 aromatic rings. The summed E-state index contributed by atoms with van der Waals surface area (Å²) in [5, 5.41) is 3.85. The fourth-order valence-corrected chi connectivity index (χ4v) is 5.02. The van der Waals surface area contributed by atoms with E-state index < -0.39 is 5.82 Å². The van der Waals surface area contributed by atoms with Gasteiger partial charge in [-0.15, -0.1) is 0 Å². The Morgan fingerprint density at radius 2 is 1.97 bits per heavy atom. The molecule has 5 rings (SSSR count). The van der Waals surface area contributed by atoms with Gasteiger partial charge >= 0.3 is 0 Å². The van der Waals surface area contributed by atoms with Gasteiger partial charge in [0.1, 0.15) is 5.69 Å². The number of thiazole rings is 1. The molecule has 0 atom stereocenters. The van der Waals surface area contributed by atoms with Crippen LogP contribution in [0.1, 0.15) is 37.8 Å². The highest BCUT2D eigenvalue weighted by atomic mass is 32.1. The van der Waals surface area contributed by atoms with E-state index in [4.69, 9.17) is 4.74 Å². The molecule has 0 spiro atoms. The number of anilines is 2. The van der Waals surface area contributed by atoms with Gasteiger partial charge in [-0.05, 0) is 37.1 Å². The first-order valence-electron chi connectivity index (χ1n) is 11.3. The van der Waals surface area contributed by atoms with Gasteiger partial charge in [0.15, 0.2) is 16.7 Å². The number of hydrogen-bond acceptors (Lipinski definition) is 7. The van der Waals surface area contributed by atoms with Crippen LogP contribution in [0.2, 0.25) is 0 Å². The number of rotatable bonds is 6. The van der Waals surface area contributed by atoms with Crippen LogP contribution in [0.15, 0.2) is 54.9 Å². The number of nitrogens with one attached hydrogen (secondary N) is 1. The molecule has 9 heteroatoms. The molecule has 0 aliphatic carbocycles. The second-order valence-electron chi connectivity index (χ2n) is 8.11. The third-order valence-electron chi connectivity index (χ3n) is 5.91. The number of nitrogens with zero attached hydrogens (tertiary/aromatic N) is 4. The highest BCUT2D eigenvalue weighted by molar-refractivity contribution is 7.22.